The first-order valence-corrected chi connectivity index (χ1v) is 7.81. The summed E-state index contributed by atoms with van der Waals surface area (Å²) in [7, 11) is 0. The molecule has 1 aliphatic rings. The number of hydrogen-bond donors (Lipinski definition) is 2. The number of nitrogens with zero attached hydrogens (tertiary/aromatic N) is 1. The molecule has 1 heterocycles. The van der Waals surface area contributed by atoms with Gasteiger partial charge < -0.3 is 15.3 Å². The van der Waals surface area contributed by atoms with Crippen LogP contribution in [0.2, 0.25) is 0 Å². The highest BCUT2D eigenvalue weighted by Gasteiger charge is 2.31. The van der Waals surface area contributed by atoms with Crippen molar-refractivity contribution in [2.24, 2.45) is 0 Å². The van der Waals surface area contributed by atoms with Crippen LogP contribution in [0.3, 0.4) is 0 Å². The van der Waals surface area contributed by atoms with Crippen LogP contribution in [0, 0.1) is 0 Å². The molecule has 6 heteroatoms. The van der Waals surface area contributed by atoms with Crippen LogP contribution in [0.15, 0.2) is 24.3 Å². The molecule has 23 heavy (non-hydrogen) atoms. The molecule has 0 saturated heterocycles. The molecular formula is C17H22N2O4. The molecule has 0 saturated carbocycles. The van der Waals surface area contributed by atoms with Gasteiger partial charge in [0.05, 0.1) is 12.5 Å². The van der Waals surface area contributed by atoms with Crippen LogP contribution < -0.4 is 5.32 Å². The number of nitrogens with one attached hydrogen (secondary N) is 1. The second-order valence-electron chi connectivity index (χ2n) is 5.75. The van der Waals surface area contributed by atoms with Gasteiger partial charge in [0.15, 0.2) is 0 Å². The second-order valence-corrected chi connectivity index (χ2v) is 5.75. The molecule has 2 atom stereocenters. The number of carbonyl (C=O) groups excluding carboxylic acids is 2. The van der Waals surface area contributed by atoms with Gasteiger partial charge in [-0.25, -0.2) is 4.79 Å². The number of rotatable bonds is 5. The molecule has 0 spiro atoms. The van der Waals surface area contributed by atoms with Crippen LogP contribution in [0.5, 0.6) is 0 Å². The van der Waals surface area contributed by atoms with Gasteiger partial charge in [-0.1, -0.05) is 31.2 Å². The maximum absolute atomic E-state index is 12.3. The zero-order valence-corrected chi connectivity index (χ0v) is 13.4. The van der Waals surface area contributed by atoms with Crippen molar-refractivity contribution in [1.82, 2.24) is 10.2 Å². The summed E-state index contributed by atoms with van der Waals surface area (Å²) < 4.78 is 0. The van der Waals surface area contributed by atoms with Crippen LogP contribution in [0.4, 0.5) is 0 Å². The van der Waals surface area contributed by atoms with E-state index in [4.69, 9.17) is 5.11 Å². The number of amides is 2. The highest BCUT2D eigenvalue weighted by molar-refractivity contribution is 5.84. The van der Waals surface area contributed by atoms with E-state index in [0.29, 0.717) is 13.0 Å². The average molecular weight is 318 g/mol. The van der Waals surface area contributed by atoms with E-state index in [2.05, 4.69) is 5.32 Å². The maximum Gasteiger partial charge on any atom is 0.326 e. The van der Waals surface area contributed by atoms with Crippen molar-refractivity contribution in [3.63, 3.8) is 0 Å². The van der Waals surface area contributed by atoms with Crippen LogP contribution in [-0.4, -0.2) is 40.4 Å². The molecule has 2 amide bonds. The minimum atomic E-state index is -1.05. The van der Waals surface area contributed by atoms with Gasteiger partial charge in [0.25, 0.3) is 0 Å². The van der Waals surface area contributed by atoms with Crippen molar-refractivity contribution < 1.29 is 19.5 Å². The Morgan fingerprint density at radius 2 is 2.04 bits per heavy atom. The van der Waals surface area contributed by atoms with Crippen LogP contribution in [0.25, 0.3) is 0 Å². The predicted molar refractivity (Wildman–Crippen MR) is 84.7 cm³/mol. The maximum atomic E-state index is 12.3. The standard InChI is InChI=1S/C17H22N2O4/c1-3-14(17(22)23)18-16(21)10-15-13-7-5-4-6-12(13)8-9-19(15)11(2)20/h4-7,14-15H,3,8-10H2,1-2H3,(H,18,21)(H,22,23)/t14-,15+/m0/s1. The van der Waals surface area contributed by atoms with Gasteiger partial charge in [-0.2, -0.15) is 0 Å². The molecule has 1 aromatic carbocycles. The van der Waals surface area contributed by atoms with Crippen molar-refractivity contribution in [3.8, 4) is 0 Å². The minimum Gasteiger partial charge on any atom is -0.480 e. The minimum absolute atomic E-state index is 0.0698. The number of carboxylic acid groups (broad SMARTS) is 1. The fourth-order valence-corrected chi connectivity index (χ4v) is 3.02. The van der Waals surface area contributed by atoms with Gasteiger partial charge in [0.1, 0.15) is 6.04 Å². The largest absolute Gasteiger partial charge is 0.480 e. The smallest absolute Gasteiger partial charge is 0.326 e. The monoisotopic (exact) mass is 318 g/mol. The lowest BCUT2D eigenvalue weighted by molar-refractivity contribution is -0.142. The summed E-state index contributed by atoms with van der Waals surface area (Å²) in [6, 6.07) is 6.52. The van der Waals surface area contributed by atoms with Gasteiger partial charge in [0, 0.05) is 13.5 Å². The zero-order chi connectivity index (χ0) is 17.0. The number of aliphatic carboxylic acids is 1. The number of carboxylic acids is 1. The Hall–Kier alpha value is -2.37. The lowest BCUT2D eigenvalue weighted by Gasteiger charge is -2.36. The van der Waals surface area contributed by atoms with Gasteiger partial charge >= 0.3 is 5.97 Å². The summed E-state index contributed by atoms with van der Waals surface area (Å²) in [6.07, 6.45) is 1.15. The van der Waals surface area contributed by atoms with Crippen molar-refractivity contribution in [2.75, 3.05) is 6.54 Å². The molecular weight excluding hydrogens is 296 g/mol. The van der Waals surface area contributed by atoms with E-state index in [1.807, 2.05) is 24.3 Å². The van der Waals surface area contributed by atoms with Gasteiger partial charge in [-0.05, 0) is 24.0 Å². The third-order valence-electron chi connectivity index (χ3n) is 4.24. The van der Waals surface area contributed by atoms with E-state index in [0.717, 1.165) is 17.5 Å². The third kappa shape index (κ3) is 3.88. The Labute approximate surface area is 135 Å². The highest BCUT2D eigenvalue weighted by Crippen LogP contribution is 2.32. The zero-order valence-electron chi connectivity index (χ0n) is 13.4. The summed E-state index contributed by atoms with van der Waals surface area (Å²) in [5.74, 6) is -1.48. The molecule has 6 nitrogen and oxygen atoms in total. The molecule has 0 aliphatic carbocycles. The third-order valence-corrected chi connectivity index (χ3v) is 4.24. The van der Waals surface area contributed by atoms with Crippen molar-refractivity contribution in [2.45, 2.75) is 45.2 Å². The SMILES string of the molecule is CC[C@H](NC(=O)C[C@@H]1c2ccccc2CCN1C(C)=O)C(=O)O. The molecule has 0 aromatic heterocycles. The van der Waals surface area contributed by atoms with Crippen molar-refractivity contribution in [1.29, 1.82) is 0 Å². The van der Waals surface area contributed by atoms with Crippen molar-refractivity contribution in [3.05, 3.63) is 35.4 Å². The lowest BCUT2D eigenvalue weighted by Crippen LogP contribution is -2.44. The number of benzene rings is 1. The summed E-state index contributed by atoms with van der Waals surface area (Å²) in [5.41, 5.74) is 2.10. The fourth-order valence-electron chi connectivity index (χ4n) is 3.02. The van der Waals surface area contributed by atoms with E-state index < -0.39 is 12.0 Å². The average Bonchev–Trinajstić information content (AvgIpc) is 2.52. The number of carbonyl (C=O) groups is 3. The Morgan fingerprint density at radius 3 is 2.65 bits per heavy atom. The van der Waals surface area contributed by atoms with Gasteiger partial charge in [-0.15, -0.1) is 0 Å². The Morgan fingerprint density at radius 1 is 1.35 bits per heavy atom. The molecule has 0 bridgehead atoms. The molecule has 0 fully saturated rings. The molecule has 0 unspecified atom stereocenters. The molecule has 1 aromatic rings. The summed E-state index contributed by atoms with van der Waals surface area (Å²) in [6.45, 7) is 3.77. The van der Waals surface area contributed by atoms with E-state index in [-0.39, 0.29) is 24.3 Å². The first-order chi connectivity index (χ1) is 10.9. The van der Waals surface area contributed by atoms with Crippen molar-refractivity contribution >= 4 is 17.8 Å². The van der Waals surface area contributed by atoms with Crippen LogP contribution in [-0.2, 0) is 20.8 Å². The van der Waals surface area contributed by atoms with E-state index in [1.54, 1.807) is 11.8 Å². The highest BCUT2D eigenvalue weighted by atomic mass is 16.4. The summed E-state index contributed by atoms with van der Waals surface area (Å²) in [5, 5.41) is 11.6. The van der Waals surface area contributed by atoms with Crippen LogP contribution >= 0.6 is 0 Å². The molecule has 2 rings (SSSR count). The lowest BCUT2D eigenvalue weighted by atomic mass is 9.90. The normalized spacial score (nSPS) is 18.0. The Bertz CT molecular complexity index is 614. The quantitative estimate of drug-likeness (QED) is 0.861. The number of hydrogen-bond acceptors (Lipinski definition) is 3. The van der Waals surface area contributed by atoms with E-state index >= 15 is 0 Å². The fraction of sp³-hybridized carbons (Fsp3) is 0.471. The molecule has 2 N–H and O–H groups in total. The van der Waals surface area contributed by atoms with Gasteiger partial charge in [0.2, 0.25) is 11.8 Å². The van der Waals surface area contributed by atoms with Gasteiger partial charge in [-0.3, -0.25) is 9.59 Å². The molecule has 124 valence electrons. The molecule has 0 radical (unpaired) electrons. The van der Waals surface area contributed by atoms with E-state index in [9.17, 15) is 14.4 Å². The first-order valence-electron chi connectivity index (χ1n) is 7.81. The topological polar surface area (TPSA) is 86.7 Å². The van der Waals surface area contributed by atoms with Crippen LogP contribution in [0.1, 0.15) is 43.9 Å². The summed E-state index contributed by atoms with van der Waals surface area (Å²) in [4.78, 5) is 36.9. The Balaban J connectivity index is 2.19. The molecule has 1 aliphatic heterocycles. The number of fused-ring (bicyclic) bond motifs is 1. The second kappa shape index (κ2) is 7.26. The first kappa shape index (κ1) is 17.0. The summed E-state index contributed by atoms with van der Waals surface area (Å²) >= 11 is 0. The Kier molecular flexibility index (Phi) is 5.36. The predicted octanol–water partition coefficient (Wildman–Crippen LogP) is 1.50. The van der Waals surface area contributed by atoms with E-state index in [1.165, 1.54) is 6.92 Å².